The molecule has 1 N–H and O–H groups in total. The van der Waals surface area contributed by atoms with Gasteiger partial charge in [0.25, 0.3) is 11.8 Å². The van der Waals surface area contributed by atoms with Gasteiger partial charge in [0, 0.05) is 72.9 Å². The molecule has 67 heavy (non-hydrogen) atoms. The molecule has 4 aromatic carbocycles. The molecule has 0 spiro atoms. The lowest BCUT2D eigenvalue weighted by Gasteiger charge is -2.30. The molecule has 0 radical (unpaired) electrons. The number of nitrogens with one attached hydrogen (secondary N) is 1. The van der Waals surface area contributed by atoms with Crippen LogP contribution in [0.4, 0.5) is 47.3 Å². The molecule has 5 amide bonds. The molecule has 2 aliphatic heterocycles. The number of carbonyl (C=O) groups is 4. The zero-order valence-electron chi connectivity index (χ0n) is 37.0. The number of urea groups is 2. The van der Waals surface area contributed by atoms with E-state index in [1.54, 1.807) is 56.4 Å². The highest BCUT2D eigenvalue weighted by Gasteiger charge is 2.28. The number of halogens is 6. The first kappa shape index (κ1) is 49.6. The zero-order valence-corrected chi connectivity index (χ0v) is 37.0. The summed E-state index contributed by atoms with van der Waals surface area (Å²) >= 11 is 0. The number of para-hydroxylation sites is 2. The molecule has 356 valence electrons. The van der Waals surface area contributed by atoms with Crippen molar-refractivity contribution in [1.82, 2.24) is 35.1 Å². The van der Waals surface area contributed by atoms with Gasteiger partial charge in [-0.15, -0.1) is 10.2 Å². The summed E-state index contributed by atoms with van der Waals surface area (Å²) in [7, 11) is 4.02. The summed E-state index contributed by atoms with van der Waals surface area (Å²) in [5.41, 5.74) is 1.85. The molecule has 0 aliphatic carbocycles. The number of benzene rings is 4. The van der Waals surface area contributed by atoms with Crippen molar-refractivity contribution in [2.75, 3.05) is 82.8 Å². The predicted octanol–water partition coefficient (Wildman–Crippen LogP) is 7.73. The molecular formula is C47H51F6N9O5. The first-order valence-electron chi connectivity index (χ1n) is 21.6. The van der Waals surface area contributed by atoms with Crippen LogP contribution in [0.25, 0.3) is 11.5 Å². The van der Waals surface area contributed by atoms with Crippen LogP contribution in [0.3, 0.4) is 0 Å². The van der Waals surface area contributed by atoms with Crippen LogP contribution < -0.4 is 15.1 Å². The van der Waals surface area contributed by atoms with Gasteiger partial charge in [-0.3, -0.25) is 19.4 Å². The maximum atomic E-state index is 15.0. The second-order valence-corrected chi connectivity index (χ2v) is 16.0. The second kappa shape index (κ2) is 23.6. The number of aromatic nitrogens is 2. The number of nitrogens with zero attached hydrogens (tertiary/aromatic N) is 8. The Balaban J connectivity index is 0.000000221. The van der Waals surface area contributed by atoms with Crippen molar-refractivity contribution in [3.05, 3.63) is 131 Å². The van der Waals surface area contributed by atoms with Gasteiger partial charge in [-0.05, 0) is 82.5 Å². The van der Waals surface area contributed by atoms with Crippen molar-refractivity contribution in [2.45, 2.75) is 38.8 Å². The number of hydrogen-bond donors (Lipinski definition) is 1. The van der Waals surface area contributed by atoms with Crippen molar-refractivity contribution in [3.63, 3.8) is 0 Å². The number of alkyl halides is 4. The minimum atomic E-state index is -3.24. The third kappa shape index (κ3) is 13.6. The average molecular weight is 936 g/mol. The van der Waals surface area contributed by atoms with Crippen LogP contribution in [0.1, 0.15) is 46.6 Å². The number of amides is 5. The predicted molar refractivity (Wildman–Crippen MR) is 238 cm³/mol. The Labute approximate surface area is 383 Å². The summed E-state index contributed by atoms with van der Waals surface area (Å²) in [5, 5.41) is 8.63. The van der Waals surface area contributed by atoms with E-state index in [4.69, 9.17) is 4.42 Å². The van der Waals surface area contributed by atoms with Crippen LogP contribution in [-0.4, -0.2) is 133 Å². The van der Waals surface area contributed by atoms with Gasteiger partial charge in [0.05, 0.1) is 19.6 Å². The fourth-order valence-corrected chi connectivity index (χ4v) is 7.36. The first-order valence-corrected chi connectivity index (χ1v) is 21.6. The summed E-state index contributed by atoms with van der Waals surface area (Å²) in [6.07, 6.45) is -4.45. The number of hydrogen-bond acceptors (Lipinski definition) is 9. The molecule has 3 heterocycles. The molecule has 2 saturated heterocycles. The lowest BCUT2D eigenvalue weighted by molar-refractivity contribution is -0.131. The lowest BCUT2D eigenvalue weighted by atomic mass is 10.1. The third-order valence-electron chi connectivity index (χ3n) is 11.2. The van der Waals surface area contributed by atoms with Gasteiger partial charge < -0.3 is 29.3 Å². The van der Waals surface area contributed by atoms with E-state index in [1.807, 2.05) is 38.4 Å². The molecular weight excluding hydrogens is 885 g/mol. The van der Waals surface area contributed by atoms with Crippen LogP contribution in [0.15, 0.2) is 101 Å². The number of anilines is 2. The highest BCUT2D eigenvalue weighted by atomic mass is 19.3. The molecule has 2 fully saturated rings. The van der Waals surface area contributed by atoms with E-state index >= 15 is 4.39 Å². The number of Topliss-reactive ketones (excluding diaryl/α,β-unsaturated/α-hetero) is 1. The summed E-state index contributed by atoms with van der Waals surface area (Å²) in [6, 6.07) is 25.5. The van der Waals surface area contributed by atoms with Crippen LogP contribution in [-0.2, 0) is 17.9 Å². The Bertz CT molecular complexity index is 2450. The Morgan fingerprint density at radius 3 is 1.61 bits per heavy atom. The Kier molecular flexibility index (Phi) is 17.5. The molecule has 0 saturated carbocycles. The zero-order chi connectivity index (χ0) is 48.0. The monoisotopic (exact) mass is 935 g/mol. The van der Waals surface area contributed by atoms with Gasteiger partial charge in [0.1, 0.15) is 11.6 Å². The van der Waals surface area contributed by atoms with Crippen LogP contribution >= 0.6 is 0 Å². The van der Waals surface area contributed by atoms with Crippen molar-refractivity contribution < 1.29 is 49.9 Å². The standard InChI is InChI=1S/C24H27F3N4O3.C23H24F3N5O2/c1-29-10-5-11-30(13-12-29)24(34)31(19-6-3-2-4-7-19)16-18-9-8-17(14-20(18)25)21(32)15-28-23(33)22(26)27;1-29-10-5-11-30(13-12-29)23(32)31(18-6-3-2-4-7-18)15-17-9-8-16(14-19(17)24)21-27-28-22(33-21)20(25)26/h2-4,6-9,14,22H,5,10-13,15-16H2,1H3,(H,28,33);2-4,6-9,14,20H,5,10-13,15H2,1H3. The summed E-state index contributed by atoms with van der Waals surface area (Å²) in [6.45, 7) is 4.94. The van der Waals surface area contributed by atoms with Crippen molar-refractivity contribution in [3.8, 4) is 11.5 Å². The van der Waals surface area contributed by atoms with E-state index in [9.17, 15) is 41.1 Å². The highest BCUT2D eigenvalue weighted by molar-refractivity contribution is 5.99. The van der Waals surface area contributed by atoms with Crippen molar-refractivity contribution in [1.29, 1.82) is 0 Å². The van der Waals surface area contributed by atoms with E-state index in [1.165, 1.54) is 29.2 Å². The van der Waals surface area contributed by atoms with Crippen LogP contribution in [0.2, 0.25) is 0 Å². The van der Waals surface area contributed by atoms with Crippen LogP contribution in [0.5, 0.6) is 0 Å². The third-order valence-corrected chi connectivity index (χ3v) is 11.2. The maximum Gasteiger partial charge on any atom is 0.324 e. The maximum absolute atomic E-state index is 15.0. The Hall–Kier alpha value is -6.80. The fraction of sp³-hybridized carbons (Fsp3) is 0.362. The average Bonchev–Trinajstić information content (AvgIpc) is 3.60. The van der Waals surface area contributed by atoms with Gasteiger partial charge in [0.15, 0.2) is 5.78 Å². The lowest BCUT2D eigenvalue weighted by Crippen LogP contribution is -2.44. The number of carbonyl (C=O) groups excluding carboxylic acids is 4. The van der Waals surface area contributed by atoms with Gasteiger partial charge in [-0.2, -0.15) is 17.6 Å². The Morgan fingerprint density at radius 1 is 0.642 bits per heavy atom. The minimum absolute atomic E-state index is 0.00736. The SMILES string of the molecule is CN1CCCN(C(=O)N(Cc2ccc(-c3nnc(C(F)F)o3)cc2F)c2ccccc2)CC1.CN1CCCN(C(=O)N(Cc2ccc(C(=O)CNC(=O)C(F)F)cc2F)c2ccccc2)CC1. The van der Waals surface area contributed by atoms with E-state index in [0.717, 1.165) is 51.2 Å². The number of ketones is 1. The summed E-state index contributed by atoms with van der Waals surface area (Å²) in [5.74, 6) is -4.60. The Morgan fingerprint density at radius 2 is 1.15 bits per heavy atom. The van der Waals surface area contributed by atoms with Gasteiger partial charge in [-0.25, -0.2) is 18.4 Å². The quantitative estimate of drug-likeness (QED) is 0.0985. The molecule has 1 aromatic heterocycles. The van der Waals surface area contributed by atoms with Gasteiger partial charge in [0.2, 0.25) is 5.89 Å². The second-order valence-electron chi connectivity index (χ2n) is 16.0. The highest BCUT2D eigenvalue weighted by Crippen LogP contribution is 2.27. The van der Waals surface area contributed by atoms with Crippen LogP contribution in [0, 0.1) is 11.6 Å². The van der Waals surface area contributed by atoms with Gasteiger partial charge in [-0.1, -0.05) is 54.6 Å². The van der Waals surface area contributed by atoms with E-state index in [0.29, 0.717) is 37.6 Å². The van der Waals surface area contributed by atoms with E-state index in [-0.39, 0.29) is 53.3 Å². The topological polar surface area (TPSA) is 139 Å². The molecule has 2 aliphatic rings. The summed E-state index contributed by atoms with van der Waals surface area (Å²) in [4.78, 5) is 60.9. The molecule has 14 nitrogen and oxygen atoms in total. The molecule has 0 atom stereocenters. The van der Waals surface area contributed by atoms with Gasteiger partial charge >= 0.3 is 24.9 Å². The number of rotatable bonds is 12. The van der Waals surface area contributed by atoms with Crippen molar-refractivity contribution >= 4 is 35.1 Å². The van der Waals surface area contributed by atoms with E-state index in [2.05, 4.69) is 20.0 Å². The summed E-state index contributed by atoms with van der Waals surface area (Å²) < 4.78 is 84.8. The first-order chi connectivity index (χ1) is 32.2. The minimum Gasteiger partial charge on any atom is -0.415 e. The number of likely N-dealkylation sites (N-methyl/N-ethyl adjacent to an activating group) is 2. The largest absolute Gasteiger partial charge is 0.415 e. The fourth-order valence-electron chi connectivity index (χ4n) is 7.36. The van der Waals surface area contributed by atoms with E-state index < -0.39 is 48.6 Å². The normalized spacial score (nSPS) is 14.8. The molecule has 0 unspecified atom stereocenters. The molecule has 5 aromatic rings. The molecule has 20 heteroatoms. The smallest absolute Gasteiger partial charge is 0.324 e. The molecule has 7 rings (SSSR count). The molecule has 0 bridgehead atoms. The van der Waals surface area contributed by atoms with Crippen molar-refractivity contribution in [2.24, 2.45) is 0 Å².